The van der Waals surface area contributed by atoms with E-state index in [1.807, 2.05) is 0 Å². The summed E-state index contributed by atoms with van der Waals surface area (Å²) in [6.07, 6.45) is 2.63. The molecule has 0 aromatic heterocycles. The molecular weight excluding hydrogens is 198 g/mol. The third kappa shape index (κ3) is 2.99. The Hall–Kier alpha value is -1.02. The van der Waals surface area contributed by atoms with Crippen LogP contribution in [-0.4, -0.2) is 19.2 Å². The molecule has 0 radical (unpaired) electrons. The minimum Gasteiger partial charge on any atom is -0.490 e. The largest absolute Gasteiger partial charge is 0.490 e. The quantitative estimate of drug-likeness (QED) is 0.844. The number of ether oxygens (including phenoxy) is 1. The summed E-state index contributed by atoms with van der Waals surface area (Å²) in [6.45, 7) is 6.58. The summed E-state index contributed by atoms with van der Waals surface area (Å²) >= 11 is 0. The van der Waals surface area contributed by atoms with Crippen LogP contribution in [0.1, 0.15) is 38.2 Å². The normalized spacial score (nSPS) is 17.7. The van der Waals surface area contributed by atoms with Crippen LogP contribution in [0.3, 0.4) is 0 Å². The average molecular weight is 219 g/mol. The number of hydrogen-bond acceptors (Lipinski definition) is 2. The summed E-state index contributed by atoms with van der Waals surface area (Å²) in [6, 6.07) is 8.49. The standard InChI is InChI=1S/C14H21NO/c1-11(2)12-4-3-5-14(10-12)16-13-6-8-15-9-7-13/h3-5,10-11,13,15H,6-9H2,1-2H3. The van der Waals surface area contributed by atoms with Gasteiger partial charge in [-0.1, -0.05) is 26.0 Å². The zero-order valence-electron chi connectivity index (χ0n) is 10.2. The molecule has 1 fully saturated rings. The maximum atomic E-state index is 6.01. The van der Waals surface area contributed by atoms with Gasteiger partial charge in [0.05, 0.1) is 0 Å². The molecule has 2 nitrogen and oxygen atoms in total. The molecular formula is C14H21NO. The summed E-state index contributed by atoms with van der Waals surface area (Å²) in [5, 5.41) is 3.35. The van der Waals surface area contributed by atoms with Crippen LogP contribution < -0.4 is 10.1 Å². The van der Waals surface area contributed by atoms with E-state index in [0.29, 0.717) is 12.0 Å². The van der Waals surface area contributed by atoms with Gasteiger partial charge in [0.2, 0.25) is 0 Å². The van der Waals surface area contributed by atoms with Gasteiger partial charge >= 0.3 is 0 Å². The predicted octanol–water partition coefficient (Wildman–Crippen LogP) is 2.94. The highest BCUT2D eigenvalue weighted by Crippen LogP contribution is 2.22. The van der Waals surface area contributed by atoms with Gasteiger partial charge in [0.1, 0.15) is 11.9 Å². The summed E-state index contributed by atoms with van der Waals surface area (Å²) < 4.78 is 6.01. The van der Waals surface area contributed by atoms with Crippen LogP contribution in [0, 0.1) is 0 Å². The number of benzene rings is 1. The highest BCUT2D eigenvalue weighted by molar-refractivity contribution is 5.30. The molecule has 1 aliphatic heterocycles. The summed E-state index contributed by atoms with van der Waals surface area (Å²) in [5.74, 6) is 1.59. The first kappa shape index (κ1) is 11.5. The number of nitrogens with one attached hydrogen (secondary N) is 1. The molecule has 1 aliphatic rings. The molecule has 0 bridgehead atoms. The van der Waals surface area contributed by atoms with Crippen LogP contribution >= 0.6 is 0 Å². The maximum absolute atomic E-state index is 6.01. The maximum Gasteiger partial charge on any atom is 0.120 e. The van der Waals surface area contributed by atoms with Gasteiger partial charge in [-0.2, -0.15) is 0 Å². The second kappa shape index (κ2) is 5.35. The van der Waals surface area contributed by atoms with E-state index in [0.717, 1.165) is 31.7 Å². The molecule has 0 amide bonds. The van der Waals surface area contributed by atoms with Gasteiger partial charge in [0.25, 0.3) is 0 Å². The Bertz CT molecular complexity index is 329. The zero-order chi connectivity index (χ0) is 11.4. The molecule has 16 heavy (non-hydrogen) atoms. The van der Waals surface area contributed by atoms with E-state index in [4.69, 9.17) is 4.74 Å². The SMILES string of the molecule is CC(C)c1cccc(OC2CCNCC2)c1. The number of hydrogen-bond donors (Lipinski definition) is 1. The molecule has 88 valence electrons. The van der Waals surface area contributed by atoms with E-state index in [-0.39, 0.29) is 0 Å². The molecule has 2 rings (SSSR count). The number of rotatable bonds is 3. The highest BCUT2D eigenvalue weighted by Gasteiger charge is 2.14. The molecule has 0 aliphatic carbocycles. The summed E-state index contributed by atoms with van der Waals surface area (Å²) in [5.41, 5.74) is 1.35. The van der Waals surface area contributed by atoms with Gasteiger partial charge in [0, 0.05) is 0 Å². The van der Waals surface area contributed by atoms with E-state index in [2.05, 4.69) is 43.4 Å². The molecule has 1 aromatic rings. The van der Waals surface area contributed by atoms with Crippen LogP contribution in [0.4, 0.5) is 0 Å². The molecule has 0 saturated carbocycles. The van der Waals surface area contributed by atoms with Crippen molar-refractivity contribution < 1.29 is 4.74 Å². The predicted molar refractivity (Wildman–Crippen MR) is 67.1 cm³/mol. The lowest BCUT2D eigenvalue weighted by Crippen LogP contribution is -2.34. The van der Waals surface area contributed by atoms with Crippen molar-refractivity contribution in [3.05, 3.63) is 29.8 Å². The lowest BCUT2D eigenvalue weighted by molar-refractivity contribution is 0.162. The van der Waals surface area contributed by atoms with E-state index >= 15 is 0 Å². The molecule has 2 heteroatoms. The second-order valence-electron chi connectivity index (χ2n) is 4.79. The third-order valence-corrected chi connectivity index (χ3v) is 3.11. The summed E-state index contributed by atoms with van der Waals surface area (Å²) in [4.78, 5) is 0. The zero-order valence-corrected chi connectivity index (χ0v) is 10.2. The lowest BCUT2D eigenvalue weighted by atomic mass is 10.0. The Morgan fingerprint density at radius 2 is 2.00 bits per heavy atom. The Morgan fingerprint density at radius 3 is 2.69 bits per heavy atom. The average Bonchev–Trinajstić information content (AvgIpc) is 2.30. The Kier molecular flexibility index (Phi) is 3.83. The van der Waals surface area contributed by atoms with Crippen molar-refractivity contribution in [3.8, 4) is 5.75 Å². The van der Waals surface area contributed by atoms with Crippen molar-refractivity contribution in [1.29, 1.82) is 0 Å². The highest BCUT2D eigenvalue weighted by atomic mass is 16.5. The van der Waals surface area contributed by atoms with Crippen molar-refractivity contribution >= 4 is 0 Å². The lowest BCUT2D eigenvalue weighted by Gasteiger charge is -2.24. The first-order chi connectivity index (χ1) is 7.75. The van der Waals surface area contributed by atoms with Crippen molar-refractivity contribution in [2.75, 3.05) is 13.1 Å². The van der Waals surface area contributed by atoms with Gasteiger partial charge in [-0.3, -0.25) is 0 Å². The van der Waals surface area contributed by atoms with Crippen LogP contribution in [0.5, 0.6) is 5.75 Å². The molecule has 0 atom stereocenters. The van der Waals surface area contributed by atoms with Crippen molar-refractivity contribution in [2.24, 2.45) is 0 Å². The second-order valence-corrected chi connectivity index (χ2v) is 4.79. The first-order valence-electron chi connectivity index (χ1n) is 6.23. The van der Waals surface area contributed by atoms with Crippen molar-refractivity contribution in [3.63, 3.8) is 0 Å². The van der Waals surface area contributed by atoms with Crippen molar-refractivity contribution in [1.82, 2.24) is 5.32 Å². The van der Waals surface area contributed by atoms with Crippen molar-refractivity contribution in [2.45, 2.75) is 38.7 Å². The molecule has 0 unspecified atom stereocenters. The van der Waals surface area contributed by atoms with Gasteiger partial charge in [-0.15, -0.1) is 0 Å². The molecule has 1 N–H and O–H groups in total. The molecule has 1 saturated heterocycles. The van der Waals surface area contributed by atoms with Gasteiger partial charge < -0.3 is 10.1 Å². The Labute approximate surface area is 98.0 Å². The Balaban J connectivity index is 2.00. The minimum atomic E-state index is 0.392. The fourth-order valence-electron chi connectivity index (χ4n) is 2.05. The van der Waals surface area contributed by atoms with Gasteiger partial charge in [0.15, 0.2) is 0 Å². The Morgan fingerprint density at radius 1 is 1.25 bits per heavy atom. The smallest absolute Gasteiger partial charge is 0.120 e. The topological polar surface area (TPSA) is 21.3 Å². The van der Waals surface area contributed by atoms with E-state index in [1.54, 1.807) is 0 Å². The van der Waals surface area contributed by atoms with Crippen LogP contribution in [-0.2, 0) is 0 Å². The van der Waals surface area contributed by atoms with E-state index in [1.165, 1.54) is 5.56 Å². The molecule has 0 spiro atoms. The van der Waals surface area contributed by atoms with Gasteiger partial charge in [-0.25, -0.2) is 0 Å². The summed E-state index contributed by atoms with van der Waals surface area (Å²) in [7, 11) is 0. The monoisotopic (exact) mass is 219 g/mol. The van der Waals surface area contributed by atoms with Crippen LogP contribution in [0.2, 0.25) is 0 Å². The third-order valence-electron chi connectivity index (χ3n) is 3.11. The van der Waals surface area contributed by atoms with Crippen LogP contribution in [0.25, 0.3) is 0 Å². The minimum absolute atomic E-state index is 0.392. The van der Waals surface area contributed by atoms with E-state index < -0.39 is 0 Å². The number of piperidine rings is 1. The fourth-order valence-corrected chi connectivity index (χ4v) is 2.05. The first-order valence-corrected chi connectivity index (χ1v) is 6.23. The van der Waals surface area contributed by atoms with Gasteiger partial charge in [-0.05, 0) is 49.5 Å². The fraction of sp³-hybridized carbons (Fsp3) is 0.571. The molecule has 1 aromatic carbocycles. The van der Waals surface area contributed by atoms with E-state index in [9.17, 15) is 0 Å². The van der Waals surface area contributed by atoms with Crippen LogP contribution in [0.15, 0.2) is 24.3 Å². The molecule has 1 heterocycles.